The molecule has 0 radical (unpaired) electrons. The maximum atomic E-state index is 6.65. The summed E-state index contributed by atoms with van der Waals surface area (Å²) < 4.78 is 18.3. The molecule has 0 spiro atoms. The zero-order valence-corrected chi connectivity index (χ0v) is 25.6. The topological polar surface area (TPSA) is 28.3 Å². The number of hydrogen-bond donors (Lipinski definition) is 0. The Bertz CT molecular complexity index is 2990. The molecule has 0 bridgehead atoms. The number of ether oxygens (including phenoxy) is 2. The summed E-state index contributed by atoms with van der Waals surface area (Å²) in [6, 6.07) is 48.6. The lowest BCUT2D eigenvalue weighted by Gasteiger charge is -2.33. The Morgan fingerprint density at radius 2 is 0.979 bits per heavy atom. The van der Waals surface area contributed by atoms with Gasteiger partial charge in [0.05, 0.1) is 16.6 Å². The van der Waals surface area contributed by atoms with Crippen LogP contribution in [0.5, 0.6) is 23.0 Å². The van der Waals surface area contributed by atoms with Gasteiger partial charge in [0.1, 0.15) is 23.0 Å². The van der Waals surface area contributed by atoms with Gasteiger partial charge in [0, 0.05) is 38.4 Å². The summed E-state index contributed by atoms with van der Waals surface area (Å²) in [4.78, 5) is 0. The molecule has 9 aromatic rings. The largest absolute Gasteiger partial charge is 0.458 e. The Labute approximate surface area is 275 Å². The predicted octanol–water partition coefficient (Wildman–Crippen LogP) is 5.75. The lowest BCUT2D eigenvalue weighted by Crippen LogP contribution is -2.58. The molecule has 6 heteroatoms. The Balaban J connectivity index is 1.24. The molecule has 6 heterocycles. The van der Waals surface area contributed by atoms with Gasteiger partial charge in [-0.05, 0) is 81.3 Å². The Morgan fingerprint density at radius 1 is 0.375 bits per heavy atom. The van der Waals surface area contributed by atoms with Crippen LogP contribution in [-0.4, -0.2) is 22.6 Å². The van der Waals surface area contributed by atoms with Gasteiger partial charge in [0.15, 0.2) is 0 Å². The van der Waals surface area contributed by atoms with Crippen molar-refractivity contribution >= 4 is 89.8 Å². The molecule has 0 atom stereocenters. The molecule has 0 aliphatic carbocycles. The van der Waals surface area contributed by atoms with E-state index in [0.29, 0.717) is 0 Å². The van der Waals surface area contributed by atoms with Gasteiger partial charge in [-0.1, -0.05) is 84.9 Å². The minimum atomic E-state index is 0.104. The fraction of sp³-hybridized carbons (Fsp3) is 0. The second-order valence-corrected chi connectivity index (χ2v) is 13.5. The molecule has 13 rings (SSSR count). The number of benzene rings is 7. The normalized spacial score (nSPS) is 14.1. The SMILES string of the molecule is c1ccc2c(c1)Oc1ccc3c4c(ccc5c6cccc7c6n(c54)-c4cccc5c4B7c4ccccc4O5)n4c3c1B2c1ccccc1-4. The summed E-state index contributed by atoms with van der Waals surface area (Å²) in [5, 5.41) is 5.09. The molecule has 4 aliphatic rings. The molecular formula is C42H22B2N2O2. The number of para-hydroxylation sites is 4. The number of fused-ring (bicyclic) bond motifs is 16. The van der Waals surface area contributed by atoms with Crippen molar-refractivity contribution in [3.8, 4) is 34.4 Å². The maximum absolute atomic E-state index is 6.65. The molecule has 0 saturated carbocycles. The van der Waals surface area contributed by atoms with Crippen LogP contribution >= 0.6 is 0 Å². The van der Waals surface area contributed by atoms with Crippen molar-refractivity contribution in [3.63, 3.8) is 0 Å². The van der Waals surface area contributed by atoms with Crippen molar-refractivity contribution in [1.29, 1.82) is 0 Å². The average Bonchev–Trinajstić information content (AvgIpc) is 3.66. The van der Waals surface area contributed by atoms with E-state index in [2.05, 4.69) is 143 Å². The zero-order valence-electron chi connectivity index (χ0n) is 25.6. The molecule has 0 N–H and O–H groups in total. The van der Waals surface area contributed by atoms with Crippen LogP contribution in [0.25, 0.3) is 55.0 Å². The molecule has 0 unspecified atom stereocenters. The van der Waals surface area contributed by atoms with Crippen LogP contribution in [0, 0.1) is 0 Å². The van der Waals surface area contributed by atoms with Crippen molar-refractivity contribution in [2.24, 2.45) is 0 Å². The monoisotopic (exact) mass is 608 g/mol. The van der Waals surface area contributed by atoms with Crippen LogP contribution in [0.15, 0.2) is 133 Å². The van der Waals surface area contributed by atoms with Gasteiger partial charge in [-0.15, -0.1) is 0 Å². The maximum Gasteiger partial charge on any atom is 0.256 e. The van der Waals surface area contributed by atoms with E-state index in [-0.39, 0.29) is 13.4 Å². The molecule has 0 saturated heterocycles. The van der Waals surface area contributed by atoms with Gasteiger partial charge < -0.3 is 18.6 Å². The van der Waals surface area contributed by atoms with Gasteiger partial charge >= 0.3 is 0 Å². The smallest absolute Gasteiger partial charge is 0.256 e. The van der Waals surface area contributed by atoms with Crippen molar-refractivity contribution in [1.82, 2.24) is 9.13 Å². The van der Waals surface area contributed by atoms with Crippen molar-refractivity contribution < 1.29 is 9.47 Å². The molecule has 0 fully saturated rings. The summed E-state index contributed by atoms with van der Waals surface area (Å²) in [5.41, 5.74) is 15.0. The van der Waals surface area contributed by atoms with E-state index in [4.69, 9.17) is 9.47 Å². The zero-order chi connectivity index (χ0) is 30.8. The first-order chi connectivity index (χ1) is 23.8. The molecule has 48 heavy (non-hydrogen) atoms. The first-order valence-corrected chi connectivity index (χ1v) is 16.7. The summed E-state index contributed by atoms with van der Waals surface area (Å²) in [5.74, 6) is 3.77. The van der Waals surface area contributed by atoms with Gasteiger partial charge in [-0.3, -0.25) is 0 Å². The first kappa shape index (κ1) is 24.1. The lowest BCUT2D eigenvalue weighted by molar-refractivity contribution is 0.487. The molecule has 0 amide bonds. The minimum absolute atomic E-state index is 0.104. The lowest BCUT2D eigenvalue weighted by atomic mass is 9.34. The van der Waals surface area contributed by atoms with E-state index < -0.39 is 0 Å². The summed E-state index contributed by atoms with van der Waals surface area (Å²) in [6.45, 7) is 0.213. The van der Waals surface area contributed by atoms with Crippen LogP contribution in [0.3, 0.4) is 0 Å². The van der Waals surface area contributed by atoms with E-state index in [1.54, 1.807) is 0 Å². The Hall–Kier alpha value is -6.13. The highest BCUT2D eigenvalue weighted by molar-refractivity contribution is 7.00. The number of rotatable bonds is 0. The van der Waals surface area contributed by atoms with Crippen LogP contribution in [0.4, 0.5) is 0 Å². The van der Waals surface area contributed by atoms with Crippen LogP contribution in [-0.2, 0) is 0 Å². The predicted molar refractivity (Wildman–Crippen MR) is 197 cm³/mol. The van der Waals surface area contributed by atoms with Crippen LogP contribution in [0.1, 0.15) is 0 Å². The molecule has 7 aromatic carbocycles. The second-order valence-electron chi connectivity index (χ2n) is 13.5. The highest BCUT2D eigenvalue weighted by Crippen LogP contribution is 2.45. The number of nitrogens with zero attached hydrogens (tertiary/aromatic N) is 2. The molecular weight excluding hydrogens is 586 g/mol. The van der Waals surface area contributed by atoms with Crippen molar-refractivity contribution in [3.05, 3.63) is 133 Å². The molecule has 218 valence electrons. The van der Waals surface area contributed by atoms with Gasteiger partial charge in [-0.2, -0.15) is 0 Å². The van der Waals surface area contributed by atoms with Crippen LogP contribution < -0.4 is 42.3 Å². The van der Waals surface area contributed by atoms with E-state index in [9.17, 15) is 0 Å². The summed E-state index contributed by atoms with van der Waals surface area (Å²) in [7, 11) is 0. The standard InChI is InChI=1S/C42H22B2N2O2/c1-4-14-30-26(10-1)43-27-11-2-5-16-33(27)48-36-22-20-25-37-31(45(30)42(25)39(36)43)21-19-24-23-9-7-13-29-40(23)46(41(24)37)32-15-8-18-35-38(32)44(29)28-12-3-6-17-34(28)47-35/h1-22H. The van der Waals surface area contributed by atoms with E-state index in [1.165, 1.54) is 87.8 Å². The summed E-state index contributed by atoms with van der Waals surface area (Å²) >= 11 is 0. The van der Waals surface area contributed by atoms with E-state index >= 15 is 0 Å². The van der Waals surface area contributed by atoms with Crippen molar-refractivity contribution in [2.45, 2.75) is 0 Å². The van der Waals surface area contributed by atoms with Gasteiger partial charge in [0.2, 0.25) is 0 Å². The summed E-state index contributed by atoms with van der Waals surface area (Å²) in [6.07, 6.45) is 0. The third kappa shape index (κ3) is 2.58. The van der Waals surface area contributed by atoms with E-state index in [0.717, 1.165) is 23.0 Å². The molecule has 4 nitrogen and oxygen atoms in total. The molecule has 2 aromatic heterocycles. The van der Waals surface area contributed by atoms with E-state index in [1.807, 2.05) is 0 Å². The fourth-order valence-corrected chi connectivity index (χ4v) is 9.73. The average molecular weight is 608 g/mol. The van der Waals surface area contributed by atoms with Gasteiger partial charge in [-0.25, -0.2) is 0 Å². The van der Waals surface area contributed by atoms with Crippen LogP contribution in [0.2, 0.25) is 0 Å². The molecule has 4 aliphatic heterocycles. The third-order valence-electron chi connectivity index (χ3n) is 11.4. The fourth-order valence-electron chi connectivity index (χ4n) is 9.73. The highest BCUT2D eigenvalue weighted by atomic mass is 16.5. The number of hydrogen-bond acceptors (Lipinski definition) is 2. The first-order valence-electron chi connectivity index (χ1n) is 16.7. The minimum Gasteiger partial charge on any atom is -0.458 e. The van der Waals surface area contributed by atoms with Crippen molar-refractivity contribution in [2.75, 3.05) is 0 Å². The number of aromatic nitrogens is 2. The van der Waals surface area contributed by atoms with Gasteiger partial charge in [0.25, 0.3) is 13.4 Å². The highest BCUT2D eigenvalue weighted by Gasteiger charge is 2.43. The second kappa shape index (κ2) is 8.04. The Kier molecular flexibility index (Phi) is 4.04. The Morgan fingerprint density at radius 3 is 1.81 bits per heavy atom. The quantitative estimate of drug-likeness (QED) is 0.205. The third-order valence-corrected chi connectivity index (χ3v) is 11.4.